The maximum Gasteiger partial charge on any atom is 0.308 e. The van der Waals surface area contributed by atoms with Crippen molar-refractivity contribution in [2.75, 3.05) is 20.2 Å². The maximum atomic E-state index is 14.2. The Hall–Kier alpha value is -2.31. The van der Waals surface area contributed by atoms with Gasteiger partial charge in [-0.15, -0.1) is 0 Å². The molecule has 2 aromatic rings. The average molecular weight is 361 g/mol. The van der Waals surface area contributed by atoms with E-state index in [-0.39, 0.29) is 5.56 Å². The largest absolute Gasteiger partial charge is 0.481 e. The van der Waals surface area contributed by atoms with Crippen molar-refractivity contribution >= 4 is 5.97 Å². The van der Waals surface area contributed by atoms with Gasteiger partial charge in [0.05, 0.1) is 12.5 Å². The molecule has 0 unspecified atom stereocenters. The van der Waals surface area contributed by atoms with E-state index in [0.29, 0.717) is 26.2 Å². The molecule has 0 radical (unpaired) electrons. The lowest BCUT2D eigenvalue weighted by Crippen LogP contribution is -2.23. The van der Waals surface area contributed by atoms with Gasteiger partial charge in [-0.05, 0) is 22.8 Å². The molecule has 1 aliphatic heterocycles. The van der Waals surface area contributed by atoms with Gasteiger partial charge in [-0.1, -0.05) is 30.3 Å². The molecule has 26 heavy (non-hydrogen) atoms. The lowest BCUT2D eigenvalue weighted by Gasteiger charge is -2.18. The smallest absolute Gasteiger partial charge is 0.308 e. The number of ether oxygens (including phenoxy) is 1. The summed E-state index contributed by atoms with van der Waals surface area (Å²) >= 11 is 0. The number of carbonyl (C=O) groups is 1. The molecule has 1 fully saturated rings. The van der Waals surface area contributed by atoms with Crippen LogP contribution in [0.4, 0.5) is 8.78 Å². The monoisotopic (exact) mass is 361 g/mol. The Kier molecular flexibility index (Phi) is 5.64. The number of likely N-dealkylation sites (tertiary alicyclic amines) is 1. The second kappa shape index (κ2) is 7.93. The van der Waals surface area contributed by atoms with Crippen LogP contribution in [0.5, 0.6) is 0 Å². The molecule has 4 nitrogen and oxygen atoms in total. The van der Waals surface area contributed by atoms with Crippen LogP contribution >= 0.6 is 0 Å². The highest BCUT2D eigenvalue weighted by atomic mass is 19.1. The number of carboxylic acid groups (broad SMARTS) is 1. The molecular formula is C20H21F2NO3. The van der Waals surface area contributed by atoms with Gasteiger partial charge < -0.3 is 9.84 Å². The molecule has 0 bridgehead atoms. The van der Waals surface area contributed by atoms with Gasteiger partial charge in [0.2, 0.25) is 0 Å². The zero-order valence-electron chi connectivity index (χ0n) is 14.5. The molecule has 0 spiro atoms. The van der Waals surface area contributed by atoms with Crippen LogP contribution in [0.3, 0.4) is 0 Å². The predicted octanol–water partition coefficient (Wildman–Crippen LogP) is 3.41. The standard InChI is InChI=1S/C20H21F2NO3/c1-26-12-14-5-3-2-4-13(14)9-23-10-17(18(11-23)20(24)25)16-7-6-15(21)8-19(16)22/h2-8,17-18H,9-12H2,1H3,(H,24,25)/t17-,18+/m1/s1. The molecule has 0 aliphatic carbocycles. The third-order valence-electron chi connectivity index (χ3n) is 4.89. The highest BCUT2D eigenvalue weighted by Gasteiger charge is 2.39. The van der Waals surface area contributed by atoms with Gasteiger partial charge in [-0.3, -0.25) is 9.69 Å². The van der Waals surface area contributed by atoms with Crippen LogP contribution in [0, 0.1) is 17.6 Å². The number of methoxy groups -OCH3 is 1. The van der Waals surface area contributed by atoms with Crippen molar-refractivity contribution < 1.29 is 23.4 Å². The van der Waals surface area contributed by atoms with E-state index in [1.165, 1.54) is 12.1 Å². The summed E-state index contributed by atoms with van der Waals surface area (Å²) in [5.74, 6) is -3.57. The van der Waals surface area contributed by atoms with E-state index in [4.69, 9.17) is 4.74 Å². The van der Waals surface area contributed by atoms with Gasteiger partial charge in [0.25, 0.3) is 0 Å². The molecule has 6 heteroatoms. The minimum absolute atomic E-state index is 0.256. The number of carboxylic acids is 1. The summed E-state index contributed by atoms with van der Waals surface area (Å²) in [6.07, 6.45) is 0. The third-order valence-corrected chi connectivity index (χ3v) is 4.89. The molecule has 1 saturated heterocycles. The number of hydrogen-bond acceptors (Lipinski definition) is 3. The van der Waals surface area contributed by atoms with Crippen LogP contribution in [0.25, 0.3) is 0 Å². The molecule has 2 aromatic carbocycles. The Balaban J connectivity index is 1.83. The number of rotatable bonds is 6. The Morgan fingerprint density at radius 1 is 1.19 bits per heavy atom. The van der Waals surface area contributed by atoms with E-state index < -0.39 is 29.4 Å². The summed E-state index contributed by atoms with van der Waals surface area (Å²) < 4.78 is 32.6. The minimum atomic E-state index is -0.966. The first-order chi connectivity index (χ1) is 12.5. The third kappa shape index (κ3) is 3.92. The number of benzene rings is 2. The Bertz CT molecular complexity index is 796. The van der Waals surface area contributed by atoms with Crippen LogP contribution in [-0.4, -0.2) is 36.2 Å². The van der Waals surface area contributed by atoms with Crippen molar-refractivity contribution in [1.29, 1.82) is 0 Å². The summed E-state index contributed by atoms with van der Waals surface area (Å²) in [6.45, 7) is 1.75. The SMILES string of the molecule is COCc1ccccc1CN1C[C@H](C(=O)O)[C@@H](c2ccc(F)cc2F)C1. The molecule has 0 amide bonds. The van der Waals surface area contributed by atoms with Crippen molar-refractivity contribution in [3.05, 3.63) is 70.8 Å². The average Bonchev–Trinajstić information content (AvgIpc) is 3.01. The van der Waals surface area contributed by atoms with Crippen LogP contribution < -0.4 is 0 Å². The summed E-state index contributed by atoms with van der Waals surface area (Å²) in [6, 6.07) is 11.2. The van der Waals surface area contributed by atoms with Gasteiger partial charge in [0.1, 0.15) is 11.6 Å². The van der Waals surface area contributed by atoms with Crippen LogP contribution in [0.15, 0.2) is 42.5 Å². The van der Waals surface area contributed by atoms with Crippen molar-refractivity contribution in [3.63, 3.8) is 0 Å². The van der Waals surface area contributed by atoms with Crippen molar-refractivity contribution in [1.82, 2.24) is 4.90 Å². The van der Waals surface area contributed by atoms with Gasteiger partial charge >= 0.3 is 5.97 Å². The molecule has 1 aliphatic rings. The summed E-state index contributed by atoms with van der Waals surface area (Å²) in [5, 5.41) is 9.57. The van der Waals surface area contributed by atoms with E-state index >= 15 is 0 Å². The summed E-state index contributed by atoms with van der Waals surface area (Å²) in [4.78, 5) is 13.7. The fourth-order valence-electron chi connectivity index (χ4n) is 3.63. The first-order valence-electron chi connectivity index (χ1n) is 8.45. The number of halogens is 2. The van der Waals surface area contributed by atoms with Gasteiger partial charge in [-0.2, -0.15) is 0 Å². The highest BCUT2D eigenvalue weighted by molar-refractivity contribution is 5.72. The van der Waals surface area contributed by atoms with E-state index in [2.05, 4.69) is 0 Å². The Morgan fingerprint density at radius 3 is 2.58 bits per heavy atom. The quantitative estimate of drug-likeness (QED) is 0.857. The number of aliphatic carboxylic acids is 1. The van der Waals surface area contributed by atoms with Gasteiger partial charge in [0, 0.05) is 38.7 Å². The van der Waals surface area contributed by atoms with Gasteiger partial charge in [0.15, 0.2) is 0 Å². The molecule has 1 heterocycles. The van der Waals surface area contributed by atoms with Crippen LogP contribution in [0.2, 0.25) is 0 Å². The van der Waals surface area contributed by atoms with E-state index in [1.807, 2.05) is 29.2 Å². The van der Waals surface area contributed by atoms with E-state index in [1.54, 1.807) is 7.11 Å². The summed E-state index contributed by atoms with van der Waals surface area (Å²) in [7, 11) is 1.63. The predicted molar refractivity (Wildman–Crippen MR) is 92.7 cm³/mol. The number of nitrogens with zero attached hydrogens (tertiary/aromatic N) is 1. The fourth-order valence-corrected chi connectivity index (χ4v) is 3.63. The molecule has 0 aromatic heterocycles. The maximum absolute atomic E-state index is 14.2. The zero-order valence-corrected chi connectivity index (χ0v) is 14.5. The first-order valence-corrected chi connectivity index (χ1v) is 8.45. The molecule has 0 saturated carbocycles. The Morgan fingerprint density at radius 2 is 1.92 bits per heavy atom. The fraction of sp³-hybridized carbons (Fsp3) is 0.350. The number of hydrogen-bond donors (Lipinski definition) is 1. The molecule has 3 rings (SSSR count). The highest BCUT2D eigenvalue weighted by Crippen LogP contribution is 2.35. The topological polar surface area (TPSA) is 49.8 Å². The lowest BCUT2D eigenvalue weighted by atomic mass is 9.88. The molecule has 2 atom stereocenters. The lowest BCUT2D eigenvalue weighted by molar-refractivity contribution is -0.141. The van der Waals surface area contributed by atoms with Gasteiger partial charge in [-0.25, -0.2) is 8.78 Å². The van der Waals surface area contributed by atoms with Crippen molar-refractivity contribution in [2.45, 2.75) is 19.1 Å². The zero-order chi connectivity index (χ0) is 18.7. The first kappa shape index (κ1) is 18.5. The Labute approximate surface area is 151 Å². The van der Waals surface area contributed by atoms with Crippen LogP contribution in [-0.2, 0) is 22.7 Å². The second-order valence-electron chi connectivity index (χ2n) is 6.61. The molecule has 1 N–H and O–H groups in total. The normalized spacial score (nSPS) is 20.4. The second-order valence-corrected chi connectivity index (χ2v) is 6.61. The summed E-state index contributed by atoms with van der Waals surface area (Å²) in [5.41, 5.74) is 2.35. The molecular weight excluding hydrogens is 340 g/mol. The van der Waals surface area contributed by atoms with Crippen molar-refractivity contribution in [3.8, 4) is 0 Å². The molecule has 138 valence electrons. The van der Waals surface area contributed by atoms with E-state index in [9.17, 15) is 18.7 Å². The van der Waals surface area contributed by atoms with E-state index in [0.717, 1.165) is 17.2 Å². The van der Waals surface area contributed by atoms with Crippen LogP contribution in [0.1, 0.15) is 22.6 Å². The minimum Gasteiger partial charge on any atom is -0.481 e. The van der Waals surface area contributed by atoms with Crippen molar-refractivity contribution in [2.24, 2.45) is 5.92 Å².